The van der Waals surface area contributed by atoms with E-state index in [1.165, 1.54) is 17.7 Å². The number of carbonyl (C=O) groups excluding carboxylic acids is 1. The molecule has 1 fully saturated rings. The molecule has 0 radical (unpaired) electrons. The lowest BCUT2D eigenvalue weighted by atomic mass is 10.2. The highest BCUT2D eigenvalue weighted by molar-refractivity contribution is 6.33. The van der Waals surface area contributed by atoms with Crippen LogP contribution in [0, 0.1) is 6.92 Å². The van der Waals surface area contributed by atoms with Gasteiger partial charge in [0.05, 0.1) is 23.8 Å². The SMILES string of the molecule is Cc1cccc(Cl)c1NC(=O)C[NH+]1CCCC1.[Br-]. The molecule has 2 rings (SSSR count). The summed E-state index contributed by atoms with van der Waals surface area (Å²) in [4.78, 5) is 13.3. The molecule has 0 aromatic heterocycles. The van der Waals surface area contributed by atoms with Crippen molar-refractivity contribution >= 4 is 23.2 Å². The fourth-order valence-electron chi connectivity index (χ4n) is 2.25. The lowest BCUT2D eigenvalue weighted by Crippen LogP contribution is -3.11. The molecule has 1 heterocycles. The standard InChI is InChI=1S/C13H17ClN2O.BrH/c1-10-5-4-6-11(14)13(10)15-12(17)9-16-7-2-3-8-16;/h4-6H,2-3,7-9H2,1H3,(H,15,17);1H. The highest BCUT2D eigenvalue weighted by Crippen LogP contribution is 2.24. The molecule has 1 saturated heterocycles. The first-order valence-corrected chi connectivity index (χ1v) is 6.43. The summed E-state index contributed by atoms with van der Waals surface area (Å²) in [5, 5.41) is 3.52. The summed E-state index contributed by atoms with van der Waals surface area (Å²) in [5.41, 5.74) is 1.75. The number of benzene rings is 1. The van der Waals surface area contributed by atoms with Gasteiger partial charge in [-0.2, -0.15) is 0 Å². The van der Waals surface area contributed by atoms with Crippen LogP contribution in [0.15, 0.2) is 18.2 Å². The van der Waals surface area contributed by atoms with E-state index in [0.717, 1.165) is 24.3 Å². The van der Waals surface area contributed by atoms with Crippen molar-refractivity contribution in [2.45, 2.75) is 19.8 Å². The zero-order valence-corrected chi connectivity index (χ0v) is 12.8. The Balaban J connectivity index is 0.00000162. The number of amides is 1. The van der Waals surface area contributed by atoms with Gasteiger partial charge in [0.15, 0.2) is 6.54 Å². The van der Waals surface area contributed by atoms with Gasteiger partial charge in [-0.3, -0.25) is 4.79 Å². The minimum absolute atomic E-state index is 0. The van der Waals surface area contributed by atoms with E-state index in [0.29, 0.717) is 11.6 Å². The molecule has 1 amide bonds. The largest absolute Gasteiger partial charge is 1.00 e. The highest BCUT2D eigenvalue weighted by atomic mass is 79.9. The van der Waals surface area contributed by atoms with Crippen LogP contribution in [-0.4, -0.2) is 25.5 Å². The van der Waals surface area contributed by atoms with Crippen LogP contribution in [0.25, 0.3) is 0 Å². The van der Waals surface area contributed by atoms with Gasteiger partial charge in [0.1, 0.15) is 0 Å². The molecule has 0 atom stereocenters. The number of hydrogen-bond acceptors (Lipinski definition) is 1. The van der Waals surface area contributed by atoms with Crippen molar-refractivity contribution in [3.8, 4) is 0 Å². The van der Waals surface area contributed by atoms with Crippen LogP contribution in [0.4, 0.5) is 5.69 Å². The van der Waals surface area contributed by atoms with E-state index in [-0.39, 0.29) is 22.9 Å². The van der Waals surface area contributed by atoms with Gasteiger partial charge in [-0.1, -0.05) is 23.7 Å². The Hall–Kier alpha value is -0.580. The predicted molar refractivity (Wildman–Crippen MR) is 69.6 cm³/mol. The topological polar surface area (TPSA) is 33.5 Å². The number of carbonyl (C=O) groups is 1. The number of rotatable bonds is 3. The average molecular weight is 334 g/mol. The summed E-state index contributed by atoms with van der Waals surface area (Å²) in [5.74, 6) is 0.0538. The summed E-state index contributed by atoms with van der Waals surface area (Å²) in [7, 11) is 0. The maximum atomic E-state index is 11.9. The number of quaternary nitrogens is 1. The molecule has 0 aliphatic carbocycles. The summed E-state index contributed by atoms with van der Waals surface area (Å²) in [6.07, 6.45) is 2.46. The zero-order chi connectivity index (χ0) is 12.3. The molecule has 0 bridgehead atoms. The van der Waals surface area contributed by atoms with E-state index >= 15 is 0 Å². The fraction of sp³-hybridized carbons (Fsp3) is 0.462. The minimum atomic E-state index is 0. The number of hydrogen-bond donors (Lipinski definition) is 2. The normalized spacial score (nSPS) is 15.2. The Labute approximate surface area is 123 Å². The quantitative estimate of drug-likeness (QED) is 0.677. The predicted octanol–water partition coefficient (Wildman–Crippen LogP) is -1.73. The van der Waals surface area contributed by atoms with E-state index in [1.54, 1.807) is 6.07 Å². The number of likely N-dealkylation sites (tertiary alicyclic amines) is 1. The lowest BCUT2D eigenvalue weighted by Gasteiger charge is -2.13. The van der Waals surface area contributed by atoms with Gasteiger partial charge in [0.2, 0.25) is 0 Å². The van der Waals surface area contributed by atoms with E-state index in [9.17, 15) is 4.79 Å². The van der Waals surface area contributed by atoms with Crippen LogP contribution in [0.3, 0.4) is 0 Å². The monoisotopic (exact) mass is 332 g/mol. The first-order chi connectivity index (χ1) is 8.16. The second kappa shape index (κ2) is 7.12. The zero-order valence-electron chi connectivity index (χ0n) is 10.4. The third kappa shape index (κ3) is 3.97. The fourth-order valence-corrected chi connectivity index (χ4v) is 2.52. The Morgan fingerprint density at radius 3 is 2.67 bits per heavy atom. The summed E-state index contributed by atoms with van der Waals surface area (Å²) in [6, 6.07) is 5.64. The van der Waals surface area contributed by atoms with Crippen LogP contribution >= 0.6 is 11.6 Å². The Kier molecular flexibility index (Phi) is 6.12. The smallest absolute Gasteiger partial charge is 0.279 e. The third-order valence-corrected chi connectivity index (χ3v) is 3.52. The number of para-hydroxylation sites is 1. The summed E-state index contributed by atoms with van der Waals surface area (Å²) in [6.45, 7) is 4.71. The van der Waals surface area contributed by atoms with Crippen molar-refractivity contribution in [2.24, 2.45) is 0 Å². The van der Waals surface area contributed by atoms with Crippen molar-refractivity contribution < 1.29 is 26.7 Å². The molecule has 0 saturated carbocycles. The van der Waals surface area contributed by atoms with Crippen LogP contribution in [-0.2, 0) is 4.79 Å². The molecule has 1 aromatic rings. The molecule has 1 aliphatic heterocycles. The first-order valence-electron chi connectivity index (χ1n) is 6.05. The van der Waals surface area contributed by atoms with Gasteiger partial charge < -0.3 is 27.2 Å². The van der Waals surface area contributed by atoms with Gasteiger partial charge >= 0.3 is 0 Å². The highest BCUT2D eigenvalue weighted by Gasteiger charge is 2.19. The molecule has 0 spiro atoms. The van der Waals surface area contributed by atoms with E-state index in [2.05, 4.69) is 5.32 Å². The number of aryl methyl sites for hydroxylation is 1. The third-order valence-electron chi connectivity index (χ3n) is 3.21. The number of anilines is 1. The van der Waals surface area contributed by atoms with Crippen molar-refractivity contribution in [1.29, 1.82) is 0 Å². The number of nitrogens with one attached hydrogen (secondary N) is 2. The molecule has 0 unspecified atom stereocenters. The summed E-state index contributed by atoms with van der Waals surface area (Å²) >= 11 is 6.07. The molecule has 18 heavy (non-hydrogen) atoms. The second-order valence-electron chi connectivity index (χ2n) is 4.61. The Bertz CT molecular complexity index is 399. The van der Waals surface area contributed by atoms with Gasteiger partial charge in [-0.15, -0.1) is 0 Å². The molecule has 5 heteroatoms. The van der Waals surface area contributed by atoms with Crippen molar-refractivity contribution in [3.05, 3.63) is 28.8 Å². The first kappa shape index (κ1) is 15.5. The number of halogens is 2. The average Bonchev–Trinajstić information content (AvgIpc) is 2.76. The van der Waals surface area contributed by atoms with Gasteiger partial charge in [0.25, 0.3) is 5.91 Å². The van der Waals surface area contributed by atoms with Crippen molar-refractivity contribution in [3.63, 3.8) is 0 Å². The van der Waals surface area contributed by atoms with E-state index in [4.69, 9.17) is 11.6 Å². The second-order valence-corrected chi connectivity index (χ2v) is 5.02. The van der Waals surface area contributed by atoms with Gasteiger partial charge in [-0.05, 0) is 18.6 Å². The molecule has 1 aliphatic rings. The molecule has 100 valence electrons. The molecule has 1 aromatic carbocycles. The van der Waals surface area contributed by atoms with Crippen LogP contribution in [0.5, 0.6) is 0 Å². The maximum Gasteiger partial charge on any atom is 0.279 e. The maximum absolute atomic E-state index is 11.9. The van der Waals surface area contributed by atoms with E-state index in [1.807, 2.05) is 19.1 Å². The minimum Gasteiger partial charge on any atom is -1.00 e. The lowest BCUT2D eigenvalue weighted by molar-refractivity contribution is -0.878. The van der Waals surface area contributed by atoms with Crippen molar-refractivity contribution in [1.82, 2.24) is 0 Å². The Morgan fingerprint density at radius 1 is 1.39 bits per heavy atom. The molecule has 2 N–H and O–H groups in total. The van der Waals surface area contributed by atoms with Gasteiger partial charge in [0, 0.05) is 12.8 Å². The van der Waals surface area contributed by atoms with Crippen LogP contribution in [0.1, 0.15) is 18.4 Å². The van der Waals surface area contributed by atoms with Crippen LogP contribution < -0.4 is 27.2 Å². The molecular formula is C13H18BrClN2O. The van der Waals surface area contributed by atoms with Crippen LogP contribution in [0.2, 0.25) is 5.02 Å². The van der Waals surface area contributed by atoms with Gasteiger partial charge in [-0.25, -0.2) is 0 Å². The molecule has 3 nitrogen and oxygen atoms in total. The van der Waals surface area contributed by atoms with E-state index < -0.39 is 0 Å². The summed E-state index contributed by atoms with van der Waals surface area (Å²) < 4.78 is 0. The Morgan fingerprint density at radius 2 is 2.06 bits per heavy atom. The molecular weight excluding hydrogens is 316 g/mol. The van der Waals surface area contributed by atoms with Crippen molar-refractivity contribution in [2.75, 3.05) is 25.0 Å².